The van der Waals surface area contributed by atoms with E-state index in [1.807, 2.05) is 0 Å². The molecule has 2 aromatic heterocycles. The normalized spacial score (nSPS) is 19.6. The summed E-state index contributed by atoms with van der Waals surface area (Å²) in [6, 6.07) is 24.8. The first-order valence-electron chi connectivity index (χ1n) is 13.6. The van der Waals surface area contributed by atoms with Crippen molar-refractivity contribution in [3.8, 4) is 0 Å². The van der Waals surface area contributed by atoms with Gasteiger partial charge in [-0.3, -0.25) is 4.79 Å². The highest BCUT2D eigenvalue weighted by Crippen LogP contribution is 2.39. The van der Waals surface area contributed by atoms with Gasteiger partial charge in [0.15, 0.2) is 17.0 Å². The summed E-state index contributed by atoms with van der Waals surface area (Å²) in [6.07, 6.45) is -0.782. The summed E-state index contributed by atoms with van der Waals surface area (Å²) in [4.78, 5) is 46.9. The number of hydrogen-bond acceptors (Lipinski definition) is 10. The molecule has 12 nitrogen and oxygen atoms in total. The Hall–Kier alpha value is -5.49. The van der Waals surface area contributed by atoms with Crippen molar-refractivity contribution < 1.29 is 29.0 Å². The molecule has 216 valence electrons. The molecule has 2 heterocycles. The van der Waals surface area contributed by atoms with Crippen molar-refractivity contribution in [1.29, 1.82) is 0 Å². The van der Waals surface area contributed by atoms with Crippen LogP contribution in [-0.2, 0) is 9.47 Å². The maximum absolute atomic E-state index is 13.0. The molecule has 1 aliphatic rings. The number of aromatic nitrogens is 5. The number of anilines is 1. The Labute approximate surface area is 245 Å². The van der Waals surface area contributed by atoms with Gasteiger partial charge in [-0.15, -0.1) is 5.10 Å². The Morgan fingerprint density at radius 2 is 1.44 bits per heavy atom. The Bertz CT molecular complexity index is 1750. The number of ether oxygens (including phenoxy) is 2. The minimum atomic E-state index is -1.24. The van der Waals surface area contributed by atoms with Crippen LogP contribution in [0.2, 0.25) is 0 Å². The number of aliphatic hydroxyl groups excluding tert-OH is 1. The minimum Gasteiger partial charge on any atom is -0.462 e. The molecular weight excluding hydrogens is 552 g/mol. The summed E-state index contributed by atoms with van der Waals surface area (Å²) in [7, 11) is 0. The topological polar surface area (TPSA) is 158 Å². The molecule has 43 heavy (non-hydrogen) atoms. The van der Waals surface area contributed by atoms with E-state index in [1.165, 1.54) is 11.0 Å². The SMILES string of the molecule is O=C(Nc1ncnc2c1nnn2[C@@H]1C[C@H](COC(=O)c2ccccc2)[C@@H](OC(=O)c2ccccc2)[C@H]1O)c1ccccc1. The zero-order chi connectivity index (χ0) is 29.8. The van der Waals surface area contributed by atoms with E-state index in [1.54, 1.807) is 91.0 Å². The lowest BCUT2D eigenvalue weighted by molar-refractivity contribution is -0.0367. The number of carbonyl (C=O) groups excluding carboxylic acids is 3. The van der Waals surface area contributed by atoms with Crippen molar-refractivity contribution >= 4 is 34.8 Å². The lowest BCUT2D eigenvalue weighted by atomic mass is 10.1. The maximum Gasteiger partial charge on any atom is 0.338 e. The molecular formula is C31H26N6O6. The second kappa shape index (κ2) is 12.2. The lowest BCUT2D eigenvalue weighted by Crippen LogP contribution is -2.36. The molecule has 0 unspecified atom stereocenters. The molecule has 6 rings (SSSR count). The van der Waals surface area contributed by atoms with E-state index in [0.717, 1.165) is 0 Å². The Balaban J connectivity index is 1.26. The van der Waals surface area contributed by atoms with Crippen molar-refractivity contribution in [2.24, 2.45) is 5.92 Å². The Kier molecular flexibility index (Phi) is 7.83. The van der Waals surface area contributed by atoms with Gasteiger partial charge < -0.3 is 19.9 Å². The van der Waals surface area contributed by atoms with Crippen LogP contribution < -0.4 is 5.32 Å². The van der Waals surface area contributed by atoms with Gasteiger partial charge in [0.05, 0.1) is 23.8 Å². The summed E-state index contributed by atoms with van der Waals surface area (Å²) >= 11 is 0. The molecule has 1 amide bonds. The molecule has 1 fully saturated rings. The van der Waals surface area contributed by atoms with Gasteiger partial charge in [0.25, 0.3) is 5.91 Å². The summed E-state index contributed by atoms with van der Waals surface area (Å²) in [5.74, 6) is -1.97. The van der Waals surface area contributed by atoms with Crippen LogP contribution in [0.3, 0.4) is 0 Å². The first-order valence-corrected chi connectivity index (χ1v) is 13.6. The molecule has 0 saturated heterocycles. The van der Waals surface area contributed by atoms with E-state index in [9.17, 15) is 19.5 Å². The Morgan fingerprint density at radius 1 is 0.837 bits per heavy atom. The van der Waals surface area contributed by atoms with Crippen LogP contribution in [0, 0.1) is 5.92 Å². The Morgan fingerprint density at radius 3 is 2.09 bits per heavy atom. The zero-order valence-corrected chi connectivity index (χ0v) is 22.7. The number of aliphatic hydroxyl groups is 1. The smallest absolute Gasteiger partial charge is 0.338 e. The van der Waals surface area contributed by atoms with E-state index in [2.05, 4.69) is 25.6 Å². The highest BCUT2D eigenvalue weighted by Gasteiger charge is 2.47. The number of rotatable bonds is 8. The van der Waals surface area contributed by atoms with Crippen molar-refractivity contribution in [2.45, 2.75) is 24.7 Å². The van der Waals surface area contributed by atoms with Crippen LogP contribution in [0.15, 0.2) is 97.3 Å². The summed E-state index contributed by atoms with van der Waals surface area (Å²) in [5, 5.41) is 22.6. The summed E-state index contributed by atoms with van der Waals surface area (Å²) < 4.78 is 12.8. The molecule has 1 saturated carbocycles. The van der Waals surface area contributed by atoms with Crippen LogP contribution in [0.1, 0.15) is 43.5 Å². The van der Waals surface area contributed by atoms with E-state index < -0.39 is 36.1 Å². The van der Waals surface area contributed by atoms with Crippen LogP contribution >= 0.6 is 0 Å². The molecule has 2 N–H and O–H groups in total. The van der Waals surface area contributed by atoms with Crippen molar-refractivity contribution in [1.82, 2.24) is 25.0 Å². The number of amides is 1. The number of carbonyl (C=O) groups is 3. The monoisotopic (exact) mass is 578 g/mol. The third-order valence-corrected chi connectivity index (χ3v) is 7.27. The number of nitrogens with zero attached hydrogens (tertiary/aromatic N) is 5. The summed E-state index contributed by atoms with van der Waals surface area (Å²) in [5.41, 5.74) is 1.60. The van der Waals surface area contributed by atoms with Crippen LogP contribution in [-0.4, -0.2) is 66.7 Å². The van der Waals surface area contributed by atoms with E-state index in [4.69, 9.17) is 9.47 Å². The van der Waals surface area contributed by atoms with Gasteiger partial charge in [0.2, 0.25) is 0 Å². The average molecular weight is 579 g/mol. The summed E-state index contributed by atoms with van der Waals surface area (Å²) in [6.45, 7) is -0.117. The van der Waals surface area contributed by atoms with Crippen LogP contribution in [0.4, 0.5) is 5.82 Å². The third kappa shape index (κ3) is 5.81. The van der Waals surface area contributed by atoms with E-state index in [0.29, 0.717) is 16.7 Å². The highest BCUT2D eigenvalue weighted by atomic mass is 16.6. The molecule has 0 bridgehead atoms. The molecule has 0 radical (unpaired) electrons. The fraction of sp³-hybridized carbons (Fsp3) is 0.194. The highest BCUT2D eigenvalue weighted by molar-refractivity contribution is 6.06. The quantitative estimate of drug-likeness (QED) is 0.261. The molecule has 0 aliphatic heterocycles. The van der Waals surface area contributed by atoms with Gasteiger partial charge in [0, 0.05) is 11.5 Å². The molecule has 3 aromatic carbocycles. The number of fused-ring (bicyclic) bond motifs is 1. The van der Waals surface area contributed by atoms with E-state index in [-0.39, 0.29) is 35.9 Å². The number of nitrogens with one attached hydrogen (secondary N) is 1. The molecule has 5 aromatic rings. The number of hydrogen-bond donors (Lipinski definition) is 2. The van der Waals surface area contributed by atoms with Gasteiger partial charge in [0.1, 0.15) is 18.5 Å². The fourth-order valence-corrected chi connectivity index (χ4v) is 5.11. The molecule has 0 spiro atoms. The van der Waals surface area contributed by atoms with Gasteiger partial charge in [-0.2, -0.15) is 0 Å². The minimum absolute atomic E-state index is 0.117. The molecule has 12 heteroatoms. The predicted molar refractivity (Wildman–Crippen MR) is 153 cm³/mol. The lowest BCUT2D eigenvalue weighted by Gasteiger charge is -2.23. The van der Waals surface area contributed by atoms with Gasteiger partial charge >= 0.3 is 11.9 Å². The predicted octanol–water partition coefficient (Wildman–Crippen LogP) is 3.48. The fourth-order valence-electron chi connectivity index (χ4n) is 5.11. The first-order chi connectivity index (χ1) is 21.0. The van der Waals surface area contributed by atoms with Crippen molar-refractivity contribution in [2.75, 3.05) is 11.9 Å². The largest absolute Gasteiger partial charge is 0.462 e. The van der Waals surface area contributed by atoms with Gasteiger partial charge in [-0.1, -0.05) is 59.8 Å². The second-order valence-electron chi connectivity index (χ2n) is 10.0. The zero-order valence-electron chi connectivity index (χ0n) is 22.7. The third-order valence-electron chi connectivity index (χ3n) is 7.27. The second-order valence-corrected chi connectivity index (χ2v) is 10.0. The van der Waals surface area contributed by atoms with E-state index >= 15 is 0 Å². The van der Waals surface area contributed by atoms with Crippen LogP contribution in [0.5, 0.6) is 0 Å². The molecule has 1 aliphatic carbocycles. The van der Waals surface area contributed by atoms with Crippen molar-refractivity contribution in [3.63, 3.8) is 0 Å². The number of benzene rings is 3. The average Bonchev–Trinajstić information content (AvgIpc) is 3.62. The maximum atomic E-state index is 13.0. The molecule has 4 atom stereocenters. The van der Waals surface area contributed by atoms with Crippen molar-refractivity contribution in [3.05, 3.63) is 114 Å². The van der Waals surface area contributed by atoms with Crippen LogP contribution in [0.25, 0.3) is 11.2 Å². The number of esters is 2. The van der Waals surface area contributed by atoms with Gasteiger partial charge in [-0.25, -0.2) is 24.2 Å². The first kappa shape index (κ1) is 27.7. The standard InChI is InChI=1S/C31H26N6O6/c38-25-23(37-28-24(35-36-37)27(32-18-33-28)34-29(39)19-10-4-1-5-11-19)16-22(17-42-30(40)20-12-6-2-7-13-20)26(25)43-31(41)21-14-8-3-9-15-21/h1-15,18,22-23,25-26,38H,16-17H2,(H,32,33,34,39)/t22-,23-,25+,26-/m1/s1. The van der Waals surface area contributed by atoms with Gasteiger partial charge in [-0.05, 0) is 42.8 Å².